The summed E-state index contributed by atoms with van der Waals surface area (Å²) in [5.74, 6) is 0.569. The quantitative estimate of drug-likeness (QED) is 0.693. The molecule has 1 aromatic carbocycles. The Hall–Kier alpha value is -2.90. The predicted molar refractivity (Wildman–Crippen MR) is 107 cm³/mol. The van der Waals surface area contributed by atoms with E-state index in [1.54, 1.807) is 19.2 Å². The highest BCUT2D eigenvalue weighted by Gasteiger charge is 2.29. The summed E-state index contributed by atoms with van der Waals surface area (Å²) >= 11 is 0. The summed E-state index contributed by atoms with van der Waals surface area (Å²) in [6.07, 6.45) is 1.66. The Balaban J connectivity index is 1.96. The number of aryl methyl sites for hydroxylation is 1. The summed E-state index contributed by atoms with van der Waals surface area (Å²) in [5.41, 5.74) is 1.01. The molecule has 0 unspecified atom stereocenters. The fraction of sp³-hybridized carbons (Fsp3) is 0.450. The fourth-order valence-electron chi connectivity index (χ4n) is 3.86. The highest BCUT2D eigenvalue weighted by atomic mass is 19.1. The lowest BCUT2D eigenvalue weighted by Crippen LogP contribution is -2.40. The summed E-state index contributed by atoms with van der Waals surface area (Å²) in [6.45, 7) is 5.87. The molecule has 0 saturated heterocycles. The minimum Gasteiger partial charge on any atom is -0.312 e. The summed E-state index contributed by atoms with van der Waals surface area (Å²) in [4.78, 5) is 32.5. The molecule has 4 rings (SSSR count). The molecule has 8 heteroatoms. The number of aromatic nitrogens is 4. The van der Waals surface area contributed by atoms with Gasteiger partial charge in [0.1, 0.15) is 5.82 Å². The Kier molecular flexibility index (Phi) is 4.56. The lowest BCUT2D eigenvalue weighted by atomic mass is 10.1. The molecule has 3 aromatic rings. The van der Waals surface area contributed by atoms with Gasteiger partial charge in [0.2, 0.25) is 5.95 Å². The van der Waals surface area contributed by atoms with Gasteiger partial charge >= 0.3 is 5.69 Å². The van der Waals surface area contributed by atoms with Crippen molar-refractivity contribution in [1.29, 1.82) is 0 Å². The molecule has 0 N–H and O–H groups in total. The molecule has 0 fully saturated rings. The zero-order valence-corrected chi connectivity index (χ0v) is 16.4. The molecule has 1 atom stereocenters. The van der Waals surface area contributed by atoms with Crippen LogP contribution in [0.15, 0.2) is 33.9 Å². The number of rotatable bonds is 4. The monoisotopic (exact) mass is 385 g/mol. The molecule has 3 heterocycles. The molecule has 0 spiro atoms. The van der Waals surface area contributed by atoms with Crippen LogP contribution in [-0.2, 0) is 20.1 Å². The van der Waals surface area contributed by atoms with E-state index in [-0.39, 0.29) is 23.0 Å². The van der Waals surface area contributed by atoms with Crippen LogP contribution >= 0.6 is 0 Å². The average Bonchev–Trinajstić information content (AvgIpc) is 3.06. The second-order valence-electron chi connectivity index (χ2n) is 7.54. The zero-order valence-electron chi connectivity index (χ0n) is 16.4. The van der Waals surface area contributed by atoms with Crippen LogP contribution in [0, 0.1) is 11.7 Å². The Morgan fingerprint density at radius 1 is 1.18 bits per heavy atom. The van der Waals surface area contributed by atoms with E-state index in [9.17, 15) is 14.0 Å². The van der Waals surface area contributed by atoms with Crippen molar-refractivity contribution in [3.63, 3.8) is 0 Å². The molecule has 0 aliphatic carbocycles. The van der Waals surface area contributed by atoms with Crippen LogP contribution in [0.3, 0.4) is 0 Å². The Bertz CT molecular complexity index is 1140. The van der Waals surface area contributed by atoms with Crippen molar-refractivity contribution in [1.82, 2.24) is 18.7 Å². The number of anilines is 2. The van der Waals surface area contributed by atoms with E-state index in [0.29, 0.717) is 36.7 Å². The van der Waals surface area contributed by atoms with Gasteiger partial charge in [0.15, 0.2) is 11.2 Å². The first kappa shape index (κ1) is 18.5. The first-order valence-corrected chi connectivity index (χ1v) is 9.65. The minimum absolute atomic E-state index is 0.260. The molecule has 0 amide bonds. The molecule has 1 aliphatic rings. The summed E-state index contributed by atoms with van der Waals surface area (Å²) in [6, 6.07) is 6.23. The van der Waals surface area contributed by atoms with Crippen LogP contribution in [0.2, 0.25) is 0 Å². The third-order valence-corrected chi connectivity index (χ3v) is 5.32. The van der Waals surface area contributed by atoms with E-state index in [1.807, 2.05) is 16.4 Å². The van der Waals surface area contributed by atoms with Crippen LogP contribution in [0.25, 0.3) is 11.2 Å². The van der Waals surface area contributed by atoms with Gasteiger partial charge in [0, 0.05) is 32.4 Å². The molecule has 148 valence electrons. The lowest BCUT2D eigenvalue weighted by molar-refractivity contribution is 0.457. The van der Waals surface area contributed by atoms with Crippen molar-refractivity contribution in [2.45, 2.75) is 39.8 Å². The fourth-order valence-corrected chi connectivity index (χ4v) is 3.86. The first-order valence-electron chi connectivity index (χ1n) is 9.65. The highest BCUT2D eigenvalue weighted by Crippen LogP contribution is 2.32. The van der Waals surface area contributed by atoms with Gasteiger partial charge < -0.3 is 9.47 Å². The Morgan fingerprint density at radius 2 is 1.89 bits per heavy atom. The van der Waals surface area contributed by atoms with Crippen molar-refractivity contribution in [2.75, 3.05) is 11.4 Å². The molecule has 7 nitrogen and oxygen atoms in total. The van der Waals surface area contributed by atoms with Gasteiger partial charge in [-0.25, -0.2) is 9.18 Å². The maximum atomic E-state index is 13.4. The predicted octanol–water partition coefficient (Wildman–Crippen LogP) is 2.62. The standard InChI is InChI=1S/C20H24FN5O2/c1-4-5-10-24-18(27)16-17(23(3)20(24)28)22-19-25(11-13(2)12-26(16)19)15-8-6-14(21)7-9-15/h6-9,13H,4-5,10-12H2,1-3H3/t13-/m1/s1. The lowest BCUT2D eigenvalue weighted by Gasteiger charge is -2.32. The van der Waals surface area contributed by atoms with E-state index >= 15 is 0 Å². The summed E-state index contributed by atoms with van der Waals surface area (Å²) in [7, 11) is 1.65. The van der Waals surface area contributed by atoms with Gasteiger partial charge in [-0.1, -0.05) is 20.3 Å². The number of hydrogen-bond donors (Lipinski definition) is 0. The second kappa shape index (κ2) is 6.92. The van der Waals surface area contributed by atoms with Gasteiger partial charge in [0.05, 0.1) is 0 Å². The topological polar surface area (TPSA) is 65.1 Å². The molecule has 2 aromatic heterocycles. The minimum atomic E-state index is -0.345. The SMILES string of the molecule is CCCCn1c(=O)c2c(nc3n2C[C@H](C)CN3c2ccc(F)cc2)n(C)c1=O. The molecular weight excluding hydrogens is 361 g/mol. The average molecular weight is 385 g/mol. The third kappa shape index (κ3) is 2.83. The number of halogens is 1. The normalized spacial score (nSPS) is 16.6. The van der Waals surface area contributed by atoms with Crippen LogP contribution < -0.4 is 16.1 Å². The van der Waals surface area contributed by atoms with E-state index in [2.05, 4.69) is 11.9 Å². The Morgan fingerprint density at radius 3 is 2.57 bits per heavy atom. The molecule has 28 heavy (non-hydrogen) atoms. The van der Waals surface area contributed by atoms with Crippen LogP contribution in [0.4, 0.5) is 16.0 Å². The van der Waals surface area contributed by atoms with Gasteiger partial charge in [-0.15, -0.1) is 0 Å². The maximum absolute atomic E-state index is 13.4. The Labute approximate surface area is 161 Å². The maximum Gasteiger partial charge on any atom is 0.332 e. The number of hydrogen-bond acceptors (Lipinski definition) is 4. The number of unbranched alkanes of at least 4 members (excludes halogenated alkanes) is 1. The molecule has 1 aliphatic heterocycles. The van der Waals surface area contributed by atoms with Crippen molar-refractivity contribution in [2.24, 2.45) is 13.0 Å². The van der Waals surface area contributed by atoms with Crippen LogP contribution in [-0.4, -0.2) is 25.2 Å². The molecule has 0 saturated carbocycles. The van der Waals surface area contributed by atoms with Crippen molar-refractivity contribution in [3.8, 4) is 0 Å². The van der Waals surface area contributed by atoms with E-state index in [0.717, 1.165) is 18.5 Å². The van der Waals surface area contributed by atoms with Gasteiger partial charge in [-0.05, 0) is 36.6 Å². The van der Waals surface area contributed by atoms with Crippen molar-refractivity contribution >= 4 is 22.8 Å². The zero-order chi connectivity index (χ0) is 20.0. The molecule has 0 bridgehead atoms. The van der Waals surface area contributed by atoms with Gasteiger partial charge in [0.25, 0.3) is 5.56 Å². The third-order valence-electron chi connectivity index (χ3n) is 5.32. The first-order chi connectivity index (χ1) is 13.4. The van der Waals surface area contributed by atoms with E-state index < -0.39 is 0 Å². The van der Waals surface area contributed by atoms with Gasteiger partial charge in [-0.2, -0.15) is 4.98 Å². The van der Waals surface area contributed by atoms with Crippen LogP contribution in [0.1, 0.15) is 26.7 Å². The molecular formula is C20H24FN5O2. The van der Waals surface area contributed by atoms with E-state index in [1.165, 1.54) is 21.3 Å². The number of imidazole rings is 1. The highest BCUT2D eigenvalue weighted by molar-refractivity contribution is 5.77. The van der Waals surface area contributed by atoms with E-state index in [4.69, 9.17) is 0 Å². The summed E-state index contributed by atoms with van der Waals surface area (Å²) < 4.78 is 18.0. The van der Waals surface area contributed by atoms with Crippen molar-refractivity contribution in [3.05, 3.63) is 50.9 Å². The molecule has 0 radical (unpaired) electrons. The van der Waals surface area contributed by atoms with Gasteiger partial charge in [-0.3, -0.25) is 13.9 Å². The number of benzene rings is 1. The largest absolute Gasteiger partial charge is 0.332 e. The summed E-state index contributed by atoms with van der Waals surface area (Å²) in [5, 5.41) is 0. The number of fused-ring (bicyclic) bond motifs is 3. The van der Waals surface area contributed by atoms with Crippen LogP contribution in [0.5, 0.6) is 0 Å². The second-order valence-corrected chi connectivity index (χ2v) is 7.54. The smallest absolute Gasteiger partial charge is 0.312 e. The van der Waals surface area contributed by atoms with Crippen molar-refractivity contribution < 1.29 is 4.39 Å². The number of nitrogens with zero attached hydrogens (tertiary/aromatic N) is 5.